The predicted molar refractivity (Wildman–Crippen MR) is 81.8 cm³/mol. The lowest BCUT2D eigenvalue weighted by molar-refractivity contribution is 0.632. The summed E-state index contributed by atoms with van der Waals surface area (Å²) in [5.41, 5.74) is 8.37. The maximum Gasteiger partial charge on any atom is 0.00172 e. The van der Waals surface area contributed by atoms with Gasteiger partial charge in [-0.3, -0.25) is 0 Å². The molecule has 0 N–H and O–H groups in total. The Hall–Kier alpha value is -2.08. The molecule has 0 unspecified atom stereocenters. The van der Waals surface area contributed by atoms with Crippen LogP contribution in [0.2, 0.25) is 0 Å². The number of fused-ring (bicyclic) bond motifs is 3. The molecular weight excluding hydrogens is 228 g/mol. The zero-order valence-electron chi connectivity index (χ0n) is 11.3. The third-order valence-electron chi connectivity index (χ3n) is 4.08. The van der Waals surface area contributed by atoms with Gasteiger partial charge in [0.2, 0.25) is 0 Å². The molecule has 92 valence electrons. The molecule has 0 saturated carbocycles. The molecule has 0 saturated heterocycles. The molecule has 0 amide bonds. The summed E-state index contributed by atoms with van der Waals surface area (Å²) in [6.45, 7) is 4.53. The van der Waals surface area contributed by atoms with Crippen LogP contribution in [0.3, 0.4) is 0 Å². The van der Waals surface area contributed by atoms with E-state index in [-0.39, 0.29) is 5.41 Å². The van der Waals surface area contributed by atoms with Gasteiger partial charge in [-0.2, -0.15) is 0 Å². The van der Waals surface area contributed by atoms with Crippen LogP contribution in [0.25, 0.3) is 22.8 Å². The molecule has 0 atom stereocenters. The van der Waals surface area contributed by atoms with Crippen molar-refractivity contribution in [1.29, 1.82) is 0 Å². The van der Waals surface area contributed by atoms with Gasteiger partial charge in [0.25, 0.3) is 0 Å². The summed E-state index contributed by atoms with van der Waals surface area (Å²) < 4.78 is 0. The fourth-order valence-electron chi connectivity index (χ4n) is 3.20. The van der Waals surface area contributed by atoms with Crippen molar-refractivity contribution in [3.05, 3.63) is 71.3 Å². The van der Waals surface area contributed by atoms with Crippen LogP contribution in [0.4, 0.5) is 0 Å². The number of benzene rings is 2. The fraction of sp³-hybridized carbons (Fsp3) is 0.158. The van der Waals surface area contributed by atoms with Crippen molar-refractivity contribution in [2.75, 3.05) is 0 Å². The van der Waals surface area contributed by atoms with Crippen LogP contribution in [0.1, 0.15) is 30.5 Å². The van der Waals surface area contributed by atoms with Crippen LogP contribution >= 0.6 is 0 Å². The second-order valence-electron chi connectivity index (χ2n) is 6.03. The largest absolute Gasteiger partial charge is 0.0744 e. The second kappa shape index (κ2) is 3.48. The van der Waals surface area contributed by atoms with E-state index in [9.17, 15) is 0 Å². The van der Waals surface area contributed by atoms with Gasteiger partial charge in [-0.1, -0.05) is 74.5 Å². The highest BCUT2D eigenvalue weighted by molar-refractivity contribution is 6.04. The Bertz CT molecular complexity index is 742. The lowest BCUT2D eigenvalue weighted by atomic mass is 9.89. The third-order valence-corrected chi connectivity index (χ3v) is 4.08. The molecule has 0 bridgehead atoms. The Labute approximate surface area is 114 Å². The molecule has 2 aliphatic carbocycles. The van der Waals surface area contributed by atoms with Crippen molar-refractivity contribution >= 4 is 11.6 Å². The van der Waals surface area contributed by atoms with Crippen LogP contribution < -0.4 is 0 Å². The average molecular weight is 244 g/mol. The number of rotatable bonds is 0. The van der Waals surface area contributed by atoms with E-state index in [0.717, 1.165) is 0 Å². The first-order valence-electron chi connectivity index (χ1n) is 6.81. The normalized spacial score (nSPS) is 17.5. The molecule has 4 rings (SSSR count). The SMILES string of the molecule is CC1(C)C=Cc2cccc3c2C(=C1)c1ccccc1-3. The number of hydrogen-bond acceptors (Lipinski definition) is 0. The van der Waals surface area contributed by atoms with Crippen LogP contribution in [-0.2, 0) is 0 Å². The summed E-state index contributed by atoms with van der Waals surface area (Å²) in [6.07, 6.45) is 6.98. The smallest absolute Gasteiger partial charge is 0.00172 e. The molecule has 19 heavy (non-hydrogen) atoms. The summed E-state index contributed by atoms with van der Waals surface area (Å²) in [6, 6.07) is 15.4. The van der Waals surface area contributed by atoms with E-state index in [1.807, 2.05) is 0 Å². The molecule has 2 aliphatic rings. The van der Waals surface area contributed by atoms with E-state index < -0.39 is 0 Å². The van der Waals surface area contributed by atoms with Gasteiger partial charge in [-0.25, -0.2) is 0 Å². The standard InChI is InChI=1S/C19H16/c1-19(2)11-10-13-6-5-9-16-14-7-3-4-8-15(14)17(12-19)18(13)16/h3-12H,1-2H3. The molecule has 0 fully saturated rings. The molecule has 2 aromatic carbocycles. The number of allylic oxidation sites excluding steroid dienone is 2. The monoisotopic (exact) mass is 244 g/mol. The zero-order chi connectivity index (χ0) is 13.0. The minimum atomic E-state index is 0.100. The highest BCUT2D eigenvalue weighted by Gasteiger charge is 2.28. The van der Waals surface area contributed by atoms with Crippen molar-refractivity contribution < 1.29 is 0 Å². The lowest BCUT2D eigenvalue weighted by Gasteiger charge is -2.15. The Morgan fingerprint density at radius 1 is 0.789 bits per heavy atom. The Kier molecular flexibility index (Phi) is 1.98. The van der Waals surface area contributed by atoms with Crippen molar-refractivity contribution in [2.45, 2.75) is 13.8 Å². The molecule has 0 nitrogen and oxygen atoms in total. The van der Waals surface area contributed by atoms with Crippen LogP contribution in [0.5, 0.6) is 0 Å². The van der Waals surface area contributed by atoms with Crippen molar-refractivity contribution in [3.8, 4) is 11.1 Å². The highest BCUT2D eigenvalue weighted by atomic mass is 14.3. The molecule has 0 aliphatic heterocycles. The molecular formula is C19H16. The number of hydrogen-bond donors (Lipinski definition) is 0. The quantitative estimate of drug-likeness (QED) is 0.513. The molecule has 0 spiro atoms. The van der Waals surface area contributed by atoms with Crippen molar-refractivity contribution in [2.24, 2.45) is 5.41 Å². The Balaban J connectivity index is 2.16. The van der Waals surface area contributed by atoms with Crippen molar-refractivity contribution in [1.82, 2.24) is 0 Å². The first-order valence-corrected chi connectivity index (χ1v) is 6.81. The van der Waals surface area contributed by atoms with E-state index in [4.69, 9.17) is 0 Å². The first kappa shape index (κ1) is 10.8. The predicted octanol–water partition coefficient (Wildman–Crippen LogP) is 5.15. The average Bonchev–Trinajstić information content (AvgIpc) is 2.63. The van der Waals surface area contributed by atoms with Gasteiger partial charge in [0, 0.05) is 5.41 Å². The zero-order valence-corrected chi connectivity index (χ0v) is 11.3. The van der Waals surface area contributed by atoms with Crippen LogP contribution in [0, 0.1) is 5.41 Å². The van der Waals surface area contributed by atoms with Gasteiger partial charge >= 0.3 is 0 Å². The summed E-state index contributed by atoms with van der Waals surface area (Å²) in [4.78, 5) is 0. The van der Waals surface area contributed by atoms with E-state index in [1.165, 1.54) is 33.4 Å². The van der Waals surface area contributed by atoms with Gasteiger partial charge in [0.1, 0.15) is 0 Å². The van der Waals surface area contributed by atoms with Gasteiger partial charge in [-0.05, 0) is 33.4 Å². The highest BCUT2D eigenvalue weighted by Crippen LogP contribution is 2.48. The lowest BCUT2D eigenvalue weighted by Crippen LogP contribution is -2.02. The van der Waals surface area contributed by atoms with E-state index in [0.29, 0.717) is 0 Å². The molecule has 0 heteroatoms. The summed E-state index contributed by atoms with van der Waals surface area (Å²) in [5, 5.41) is 0. The van der Waals surface area contributed by atoms with Gasteiger partial charge in [0.15, 0.2) is 0 Å². The van der Waals surface area contributed by atoms with Crippen molar-refractivity contribution in [3.63, 3.8) is 0 Å². The van der Waals surface area contributed by atoms with Crippen LogP contribution in [-0.4, -0.2) is 0 Å². The summed E-state index contributed by atoms with van der Waals surface area (Å²) in [7, 11) is 0. The maximum absolute atomic E-state index is 2.41. The Morgan fingerprint density at radius 2 is 1.53 bits per heavy atom. The minimum absolute atomic E-state index is 0.100. The van der Waals surface area contributed by atoms with Gasteiger partial charge in [-0.15, -0.1) is 0 Å². The van der Waals surface area contributed by atoms with Gasteiger partial charge in [0.05, 0.1) is 0 Å². The maximum atomic E-state index is 2.41. The molecule has 0 aromatic heterocycles. The molecule has 2 aromatic rings. The first-order chi connectivity index (χ1) is 9.16. The van der Waals surface area contributed by atoms with E-state index >= 15 is 0 Å². The van der Waals surface area contributed by atoms with Gasteiger partial charge < -0.3 is 0 Å². The summed E-state index contributed by atoms with van der Waals surface area (Å²) in [5.74, 6) is 0. The van der Waals surface area contributed by atoms with E-state index in [1.54, 1.807) is 0 Å². The Morgan fingerprint density at radius 3 is 2.37 bits per heavy atom. The summed E-state index contributed by atoms with van der Waals surface area (Å²) >= 11 is 0. The minimum Gasteiger partial charge on any atom is -0.0744 e. The van der Waals surface area contributed by atoms with Crippen LogP contribution in [0.15, 0.2) is 54.6 Å². The fourth-order valence-corrected chi connectivity index (χ4v) is 3.20. The van der Waals surface area contributed by atoms with E-state index in [2.05, 4.69) is 74.5 Å². The molecule has 0 radical (unpaired) electrons. The third kappa shape index (κ3) is 1.46. The second-order valence-corrected chi connectivity index (χ2v) is 6.03. The topological polar surface area (TPSA) is 0 Å². The molecule has 0 heterocycles.